The van der Waals surface area contributed by atoms with Gasteiger partial charge >= 0.3 is 0 Å². The van der Waals surface area contributed by atoms with E-state index in [4.69, 9.17) is 4.74 Å². The largest absolute Gasteiger partial charge is 0.481 e. The van der Waals surface area contributed by atoms with Crippen LogP contribution in [-0.4, -0.2) is 42.6 Å². The van der Waals surface area contributed by atoms with Crippen molar-refractivity contribution in [3.63, 3.8) is 0 Å². The van der Waals surface area contributed by atoms with Crippen molar-refractivity contribution in [3.05, 3.63) is 29.8 Å². The average Bonchev–Trinajstić information content (AvgIpc) is 2.50. The topological polar surface area (TPSA) is 41.6 Å². The summed E-state index contributed by atoms with van der Waals surface area (Å²) in [6.07, 6.45) is 1.59. The third-order valence-electron chi connectivity index (χ3n) is 4.15. The molecule has 1 atom stereocenters. The maximum absolute atomic E-state index is 12.2. The summed E-state index contributed by atoms with van der Waals surface area (Å²) in [5, 5.41) is 3.11. The van der Waals surface area contributed by atoms with Crippen molar-refractivity contribution in [2.24, 2.45) is 0 Å². The number of aryl methyl sites for hydroxylation is 1. The van der Waals surface area contributed by atoms with Gasteiger partial charge in [-0.05, 0) is 44.9 Å². The van der Waals surface area contributed by atoms with Crippen molar-refractivity contribution in [3.8, 4) is 5.75 Å². The second kappa shape index (κ2) is 7.46. The molecule has 1 saturated heterocycles. The summed E-state index contributed by atoms with van der Waals surface area (Å²) < 4.78 is 5.77. The van der Waals surface area contributed by atoms with Crippen molar-refractivity contribution in [1.82, 2.24) is 10.2 Å². The summed E-state index contributed by atoms with van der Waals surface area (Å²) in [6.45, 7) is 9.19. The van der Waals surface area contributed by atoms with Crippen molar-refractivity contribution in [2.75, 3.05) is 19.6 Å². The van der Waals surface area contributed by atoms with Gasteiger partial charge in [0, 0.05) is 19.1 Å². The van der Waals surface area contributed by atoms with Gasteiger partial charge in [0.1, 0.15) is 5.75 Å². The molecule has 1 aromatic rings. The minimum atomic E-state index is -0.463. The van der Waals surface area contributed by atoms with Crippen LogP contribution in [0.4, 0.5) is 0 Å². The first-order chi connectivity index (χ1) is 10.1. The SMILES string of the molecule is CCN1CCC(NC(=O)C(C)Oc2ccccc2C)CC1. The van der Waals surface area contributed by atoms with Crippen LogP contribution in [0.15, 0.2) is 24.3 Å². The monoisotopic (exact) mass is 290 g/mol. The standard InChI is InChI=1S/C17H26N2O2/c1-4-19-11-9-15(10-12-19)18-17(20)14(3)21-16-8-6-5-7-13(16)2/h5-8,14-15H,4,9-12H2,1-3H3,(H,18,20). The molecular formula is C17H26N2O2. The predicted molar refractivity (Wildman–Crippen MR) is 84.5 cm³/mol. The van der Waals surface area contributed by atoms with E-state index in [9.17, 15) is 4.79 Å². The molecule has 0 aromatic heterocycles. The summed E-state index contributed by atoms with van der Waals surface area (Å²) in [5.74, 6) is 0.758. The fourth-order valence-corrected chi connectivity index (χ4v) is 2.64. The molecule has 1 aliphatic rings. The lowest BCUT2D eigenvalue weighted by molar-refractivity contribution is -0.128. The molecule has 116 valence electrons. The maximum Gasteiger partial charge on any atom is 0.260 e. The molecule has 0 radical (unpaired) electrons. The number of rotatable bonds is 5. The van der Waals surface area contributed by atoms with E-state index in [1.807, 2.05) is 38.1 Å². The van der Waals surface area contributed by atoms with Crippen LogP contribution < -0.4 is 10.1 Å². The number of piperidine rings is 1. The molecule has 1 fully saturated rings. The number of hydrogen-bond donors (Lipinski definition) is 1. The molecule has 0 saturated carbocycles. The normalized spacial score (nSPS) is 18.2. The van der Waals surface area contributed by atoms with Gasteiger partial charge in [-0.1, -0.05) is 25.1 Å². The highest BCUT2D eigenvalue weighted by Gasteiger charge is 2.23. The number of carbonyl (C=O) groups excluding carboxylic acids is 1. The quantitative estimate of drug-likeness (QED) is 0.905. The van der Waals surface area contributed by atoms with Crippen molar-refractivity contribution >= 4 is 5.91 Å². The average molecular weight is 290 g/mol. The Labute approximate surface area is 127 Å². The van der Waals surface area contributed by atoms with Gasteiger partial charge in [0.05, 0.1) is 0 Å². The highest BCUT2D eigenvalue weighted by molar-refractivity contribution is 5.81. The van der Waals surface area contributed by atoms with Crippen molar-refractivity contribution in [2.45, 2.75) is 45.8 Å². The molecule has 2 rings (SSSR count). The van der Waals surface area contributed by atoms with Crippen LogP contribution in [0.1, 0.15) is 32.3 Å². The predicted octanol–water partition coefficient (Wildman–Crippen LogP) is 2.36. The van der Waals surface area contributed by atoms with Gasteiger partial charge in [-0.3, -0.25) is 4.79 Å². The van der Waals surface area contributed by atoms with Gasteiger partial charge in [-0.25, -0.2) is 0 Å². The smallest absolute Gasteiger partial charge is 0.260 e. The van der Waals surface area contributed by atoms with Gasteiger partial charge in [-0.15, -0.1) is 0 Å². The minimum Gasteiger partial charge on any atom is -0.481 e. The number of nitrogens with one attached hydrogen (secondary N) is 1. The number of carbonyl (C=O) groups is 1. The Morgan fingerprint density at radius 2 is 2.05 bits per heavy atom. The molecule has 1 heterocycles. The zero-order valence-electron chi connectivity index (χ0n) is 13.3. The Morgan fingerprint density at radius 3 is 2.67 bits per heavy atom. The zero-order chi connectivity index (χ0) is 15.2. The van der Waals surface area contributed by atoms with E-state index in [0.29, 0.717) is 0 Å². The van der Waals surface area contributed by atoms with Crippen LogP contribution in [0.2, 0.25) is 0 Å². The summed E-state index contributed by atoms with van der Waals surface area (Å²) in [7, 11) is 0. The lowest BCUT2D eigenvalue weighted by atomic mass is 10.0. The van der Waals surface area contributed by atoms with E-state index in [2.05, 4.69) is 17.1 Å². The Morgan fingerprint density at radius 1 is 1.38 bits per heavy atom. The zero-order valence-corrected chi connectivity index (χ0v) is 13.3. The molecule has 1 N–H and O–H groups in total. The summed E-state index contributed by atoms with van der Waals surface area (Å²) in [4.78, 5) is 14.6. The highest BCUT2D eigenvalue weighted by atomic mass is 16.5. The Hall–Kier alpha value is -1.55. The lowest BCUT2D eigenvalue weighted by Crippen LogP contribution is -2.48. The maximum atomic E-state index is 12.2. The number of nitrogens with zero attached hydrogens (tertiary/aromatic N) is 1. The number of benzene rings is 1. The van der Waals surface area contributed by atoms with E-state index in [1.165, 1.54) is 0 Å². The first kappa shape index (κ1) is 15.8. The molecule has 1 unspecified atom stereocenters. The summed E-state index contributed by atoms with van der Waals surface area (Å²) in [5.41, 5.74) is 1.05. The molecule has 1 aliphatic heterocycles. The van der Waals surface area contributed by atoms with Gasteiger partial charge in [-0.2, -0.15) is 0 Å². The molecule has 1 amide bonds. The van der Waals surface area contributed by atoms with Crippen LogP contribution in [-0.2, 0) is 4.79 Å². The number of likely N-dealkylation sites (tertiary alicyclic amines) is 1. The van der Waals surface area contributed by atoms with E-state index in [0.717, 1.165) is 43.8 Å². The van der Waals surface area contributed by atoms with Gasteiger partial charge in [0.2, 0.25) is 0 Å². The van der Waals surface area contributed by atoms with E-state index >= 15 is 0 Å². The minimum absolute atomic E-state index is 0.0202. The third kappa shape index (κ3) is 4.46. The van der Waals surface area contributed by atoms with E-state index < -0.39 is 6.10 Å². The molecule has 4 heteroatoms. The van der Waals surface area contributed by atoms with Gasteiger partial charge < -0.3 is 15.0 Å². The second-order valence-corrected chi connectivity index (χ2v) is 5.74. The fraction of sp³-hybridized carbons (Fsp3) is 0.588. The summed E-state index contributed by atoms with van der Waals surface area (Å²) >= 11 is 0. The summed E-state index contributed by atoms with van der Waals surface area (Å²) in [6, 6.07) is 8.06. The van der Waals surface area contributed by atoms with Crippen LogP contribution in [0.5, 0.6) is 5.75 Å². The number of ether oxygens (including phenoxy) is 1. The molecule has 1 aromatic carbocycles. The van der Waals surface area contributed by atoms with Crippen LogP contribution in [0.3, 0.4) is 0 Å². The van der Waals surface area contributed by atoms with Gasteiger partial charge in [0.15, 0.2) is 6.10 Å². The molecule has 0 aliphatic carbocycles. The number of amides is 1. The van der Waals surface area contributed by atoms with E-state index in [-0.39, 0.29) is 11.9 Å². The van der Waals surface area contributed by atoms with Crippen molar-refractivity contribution in [1.29, 1.82) is 0 Å². The van der Waals surface area contributed by atoms with Gasteiger partial charge in [0.25, 0.3) is 5.91 Å². The Balaban J connectivity index is 1.82. The molecule has 21 heavy (non-hydrogen) atoms. The van der Waals surface area contributed by atoms with Crippen LogP contribution in [0.25, 0.3) is 0 Å². The molecular weight excluding hydrogens is 264 g/mol. The third-order valence-corrected chi connectivity index (χ3v) is 4.15. The lowest BCUT2D eigenvalue weighted by Gasteiger charge is -2.32. The fourth-order valence-electron chi connectivity index (χ4n) is 2.64. The van der Waals surface area contributed by atoms with Crippen LogP contribution in [0, 0.1) is 6.92 Å². The first-order valence-corrected chi connectivity index (χ1v) is 7.85. The first-order valence-electron chi connectivity index (χ1n) is 7.85. The highest BCUT2D eigenvalue weighted by Crippen LogP contribution is 2.18. The molecule has 4 nitrogen and oxygen atoms in total. The molecule has 0 bridgehead atoms. The Kier molecular flexibility index (Phi) is 5.62. The second-order valence-electron chi connectivity index (χ2n) is 5.74. The van der Waals surface area contributed by atoms with Crippen LogP contribution >= 0.6 is 0 Å². The number of hydrogen-bond acceptors (Lipinski definition) is 3. The van der Waals surface area contributed by atoms with Crippen molar-refractivity contribution < 1.29 is 9.53 Å². The Bertz CT molecular complexity index is 468. The number of para-hydroxylation sites is 1. The molecule has 0 spiro atoms. The van der Waals surface area contributed by atoms with E-state index in [1.54, 1.807) is 0 Å².